The zero-order chi connectivity index (χ0) is 20.3. The van der Waals surface area contributed by atoms with Gasteiger partial charge in [-0.2, -0.15) is 0 Å². The van der Waals surface area contributed by atoms with Crippen LogP contribution in [0.15, 0.2) is 76.0 Å². The first-order valence-corrected chi connectivity index (χ1v) is 9.89. The lowest BCUT2D eigenvalue weighted by atomic mass is 9.80. The minimum Gasteiger partial charge on any atom is -0.311 e. The van der Waals surface area contributed by atoms with Gasteiger partial charge in [0.2, 0.25) is 0 Å². The van der Waals surface area contributed by atoms with E-state index in [9.17, 15) is 14.4 Å². The molecule has 0 fully saturated rings. The Morgan fingerprint density at radius 3 is 2.21 bits per heavy atom. The van der Waals surface area contributed by atoms with Crippen molar-refractivity contribution in [1.82, 2.24) is 4.57 Å². The molecule has 140 valence electrons. The van der Waals surface area contributed by atoms with E-state index in [2.05, 4.69) is 15.9 Å². The first-order valence-electron chi connectivity index (χ1n) is 9.09. The van der Waals surface area contributed by atoms with Crippen molar-refractivity contribution >= 4 is 38.4 Å². The number of hydrogen-bond donors (Lipinski definition) is 0. The summed E-state index contributed by atoms with van der Waals surface area (Å²) in [4.78, 5) is 40.0. The van der Waals surface area contributed by atoms with Crippen LogP contribution in [0.25, 0.3) is 22.0 Å². The number of pyridine rings is 1. The van der Waals surface area contributed by atoms with Crippen LogP contribution in [0.1, 0.15) is 31.8 Å². The molecule has 4 aromatic rings. The monoisotopic (exact) mass is 443 g/mol. The number of benzene rings is 3. The summed E-state index contributed by atoms with van der Waals surface area (Å²) < 4.78 is 2.09. The van der Waals surface area contributed by atoms with E-state index in [4.69, 9.17) is 0 Å². The summed E-state index contributed by atoms with van der Waals surface area (Å²) in [5, 5.41) is 0.629. The van der Waals surface area contributed by atoms with Crippen LogP contribution in [-0.4, -0.2) is 16.1 Å². The Bertz CT molecular complexity index is 1420. The Labute approximate surface area is 174 Å². The highest BCUT2D eigenvalue weighted by molar-refractivity contribution is 9.10. The third-order valence-corrected chi connectivity index (χ3v) is 6.10. The van der Waals surface area contributed by atoms with Gasteiger partial charge in [0.15, 0.2) is 11.6 Å². The standard InChI is InChI=1S/C24H14BrNO3/c1-26-17-12-11-16(25)19-20(17)18(14-9-5-6-10-15(14)23(19)28)21(24(26)29)22(27)13-7-3-2-4-8-13/h2-12H,1H3. The van der Waals surface area contributed by atoms with Crippen LogP contribution in [0.4, 0.5) is 0 Å². The van der Waals surface area contributed by atoms with E-state index in [1.54, 1.807) is 61.6 Å². The maximum Gasteiger partial charge on any atom is 0.262 e. The van der Waals surface area contributed by atoms with Crippen LogP contribution in [0.2, 0.25) is 0 Å². The van der Waals surface area contributed by atoms with E-state index in [0.717, 1.165) is 0 Å². The fraction of sp³-hybridized carbons (Fsp3) is 0.0417. The van der Waals surface area contributed by atoms with Crippen molar-refractivity contribution in [2.45, 2.75) is 0 Å². The van der Waals surface area contributed by atoms with E-state index >= 15 is 0 Å². The number of rotatable bonds is 2. The highest BCUT2D eigenvalue weighted by Crippen LogP contribution is 2.43. The van der Waals surface area contributed by atoms with Crippen LogP contribution in [0.3, 0.4) is 0 Å². The molecule has 1 aromatic heterocycles. The molecule has 0 atom stereocenters. The molecule has 0 radical (unpaired) electrons. The molecule has 0 aliphatic heterocycles. The molecule has 4 nitrogen and oxygen atoms in total. The number of carbonyl (C=O) groups is 2. The Balaban J connectivity index is 2.03. The van der Waals surface area contributed by atoms with Crippen molar-refractivity contribution in [3.05, 3.63) is 104 Å². The Kier molecular flexibility index (Phi) is 3.89. The van der Waals surface area contributed by atoms with Crippen LogP contribution in [0.5, 0.6) is 0 Å². The molecule has 1 aliphatic carbocycles. The molecule has 1 aliphatic rings. The van der Waals surface area contributed by atoms with E-state index in [1.165, 1.54) is 4.57 Å². The topological polar surface area (TPSA) is 56.1 Å². The van der Waals surface area contributed by atoms with Gasteiger partial charge >= 0.3 is 0 Å². The number of ketones is 2. The van der Waals surface area contributed by atoms with Crippen molar-refractivity contribution in [3.8, 4) is 11.1 Å². The molecule has 1 heterocycles. The molecule has 0 amide bonds. The summed E-state index contributed by atoms with van der Waals surface area (Å²) in [5.41, 5.74) is 2.89. The van der Waals surface area contributed by atoms with Gasteiger partial charge in [-0.25, -0.2) is 0 Å². The third-order valence-electron chi connectivity index (χ3n) is 5.44. The van der Waals surface area contributed by atoms with Crippen LogP contribution < -0.4 is 5.56 Å². The van der Waals surface area contributed by atoms with Crippen molar-refractivity contribution in [3.63, 3.8) is 0 Å². The van der Waals surface area contributed by atoms with Crippen molar-refractivity contribution < 1.29 is 9.59 Å². The SMILES string of the molecule is Cn1c(=O)c(C(=O)c2ccccc2)c2c3c(c(Br)ccc31)C(=O)c1ccccc1-2. The lowest BCUT2D eigenvalue weighted by Gasteiger charge is -2.24. The van der Waals surface area contributed by atoms with Gasteiger partial charge in [-0.3, -0.25) is 14.4 Å². The second kappa shape index (κ2) is 6.36. The first kappa shape index (κ1) is 17.8. The average Bonchev–Trinajstić information content (AvgIpc) is 2.75. The predicted molar refractivity (Wildman–Crippen MR) is 116 cm³/mol. The molecule has 5 heteroatoms. The third kappa shape index (κ3) is 2.41. The van der Waals surface area contributed by atoms with E-state index < -0.39 is 0 Å². The van der Waals surface area contributed by atoms with Gasteiger partial charge in [0.05, 0.1) is 11.1 Å². The number of hydrogen-bond acceptors (Lipinski definition) is 3. The molecule has 0 bridgehead atoms. The smallest absolute Gasteiger partial charge is 0.262 e. The number of nitrogens with zero attached hydrogens (tertiary/aromatic N) is 1. The Hall–Kier alpha value is -3.31. The zero-order valence-electron chi connectivity index (χ0n) is 15.4. The zero-order valence-corrected chi connectivity index (χ0v) is 17.0. The summed E-state index contributed by atoms with van der Waals surface area (Å²) >= 11 is 3.49. The minimum absolute atomic E-state index is 0.0884. The second-order valence-corrected chi connectivity index (χ2v) is 7.85. The summed E-state index contributed by atoms with van der Waals surface area (Å²) in [7, 11) is 1.63. The van der Waals surface area contributed by atoms with Gasteiger partial charge in [0.25, 0.3) is 5.56 Å². The maximum absolute atomic E-state index is 13.4. The largest absolute Gasteiger partial charge is 0.311 e. The van der Waals surface area contributed by atoms with Crippen LogP contribution in [0, 0.1) is 0 Å². The summed E-state index contributed by atoms with van der Waals surface area (Å²) in [6.07, 6.45) is 0. The number of carbonyl (C=O) groups excluding carboxylic acids is 2. The molecule has 0 spiro atoms. The van der Waals surface area contributed by atoms with Crippen molar-refractivity contribution in [1.29, 1.82) is 0 Å². The lowest BCUT2D eigenvalue weighted by Crippen LogP contribution is -2.28. The summed E-state index contributed by atoms with van der Waals surface area (Å²) in [6, 6.07) is 19.5. The van der Waals surface area contributed by atoms with E-state index in [-0.39, 0.29) is 22.7 Å². The molecule has 0 saturated heterocycles. The van der Waals surface area contributed by atoms with E-state index in [1.807, 2.05) is 12.1 Å². The molecular weight excluding hydrogens is 430 g/mol. The molecule has 5 rings (SSSR count). The maximum atomic E-state index is 13.4. The van der Waals surface area contributed by atoms with Gasteiger partial charge in [-0.05, 0) is 17.7 Å². The van der Waals surface area contributed by atoms with Gasteiger partial charge < -0.3 is 4.57 Å². The molecule has 0 N–H and O–H groups in total. The van der Waals surface area contributed by atoms with Gasteiger partial charge in [0.1, 0.15) is 0 Å². The molecule has 29 heavy (non-hydrogen) atoms. The van der Waals surface area contributed by atoms with E-state index in [0.29, 0.717) is 43.2 Å². The molecule has 3 aromatic carbocycles. The quantitative estimate of drug-likeness (QED) is 0.370. The second-order valence-electron chi connectivity index (χ2n) is 7.00. The van der Waals surface area contributed by atoms with Gasteiger partial charge in [-0.1, -0.05) is 70.5 Å². The Morgan fingerprint density at radius 1 is 0.828 bits per heavy atom. The van der Waals surface area contributed by atoms with Crippen molar-refractivity contribution in [2.24, 2.45) is 7.05 Å². The number of fused-ring (bicyclic) bond motifs is 2. The van der Waals surface area contributed by atoms with Gasteiger partial charge in [0, 0.05) is 39.2 Å². The number of halogens is 1. The van der Waals surface area contributed by atoms with Gasteiger partial charge in [-0.15, -0.1) is 0 Å². The molecular formula is C24H14BrNO3. The number of aryl methyl sites for hydroxylation is 1. The molecule has 0 unspecified atom stereocenters. The van der Waals surface area contributed by atoms with Crippen molar-refractivity contribution in [2.75, 3.05) is 0 Å². The Morgan fingerprint density at radius 2 is 1.48 bits per heavy atom. The summed E-state index contributed by atoms with van der Waals surface area (Å²) in [5.74, 6) is -0.472. The highest BCUT2D eigenvalue weighted by atomic mass is 79.9. The van der Waals surface area contributed by atoms with Crippen LogP contribution >= 0.6 is 15.9 Å². The average molecular weight is 444 g/mol. The minimum atomic E-state index is -0.376. The molecule has 0 saturated carbocycles. The summed E-state index contributed by atoms with van der Waals surface area (Å²) in [6.45, 7) is 0. The highest BCUT2D eigenvalue weighted by Gasteiger charge is 2.33. The predicted octanol–water partition coefficient (Wildman–Crippen LogP) is 4.74. The fourth-order valence-corrected chi connectivity index (χ4v) is 4.59. The normalized spacial score (nSPS) is 12.1. The fourth-order valence-electron chi connectivity index (χ4n) is 4.08. The lowest BCUT2D eigenvalue weighted by molar-refractivity contribution is 0.102. The number of aromatic nitrogens is 1. The van der Waals surface area contributed by atoms with Crippen LogP contribution in [-0.2, 0) is 7.05 Å². The first-order chi connectivity index (χ1) is 14.0.